The van der Waals surface area contributed by atoms with Gasteiger partial charge in [0.2, 0.25) is 31.9 Å². The van der Waals surface area contributed by atoms with Crippen LogP contribution in [0.1, 0.15) is 59.6 Å². The second kappa shape index (κ2) is 18.6. The topological polar surface area (TPSA) is 200 Å². The summed E-state index contributed by atoms with van der Waals surface area (Å²) in [6.45, 7) is 6.51. The molecule has 4 aromatic rings. The number of aliphatic hydroxyl groups excluding tert-OH is 2. The number of pyridine rings is 2. The number of carbonyl (C=O) groups is 2. The molecule has 18 heteroatoms. The van der Waals surface area contributed by atoms with Crippen LogP contribution in [-0.4, -0.2) is 120 Å². The molecule has 6 heterocycles. The maximum absolute atomic E-state index is 14.0. The van der Waals surface area contributed by atoms with Crippen LogP contribution in [0.3, 0.4) is 0 Å². The number of carbonyl (C=O) groups excluding carboxylic acids is 2. The van der Waals surface area contributed by atoms with E-state index in [2.05, 4.69) is 0 Å². The predicted octanol–water partition coefficient (Wildman–Crippen LogP) is 3.26. The minimum absolute atomic E-state index is 0.0730. The van der Waals surface area contributed by atoms with Crippen LogP contribution in [-0.2, 0) is 42.7 Å². The van der Waals surface area contributed by atoms with E-state index in [9.17, 15) is 46.2 Å². The highest BCUT2D eigenvalue weighted by atomic mass is 32.2. The maximum atomic E-state index is 14.0. The van der Waals surface area contributed by atoms with E-state index in [1.165, 1.54) is 18.4 Å². The van der Waals surface area contributed by atoms with Crippen molar-refractivity contribution in [3.8, 4) is 0 Å². The number of fused-ring (bicyclic) bond motifs is 8. The maximum Gasteiger partial charge on any atom is 0.258 e. The lowest BCUT2D eigenvalue weighted by atomic mass is 9.86. The second-order valence-corrected chi connectivity index (χ2v) is 21.3. The standard InChI is InChI=1S/2C24H29N3O5S/c2*1-5-8-16-11-12-18-22-21(24(30)25(3)4)17(14-28)19(13-26(18)23(16)29)27(22)33(31,32)20-10-7-6-9-15(20)2/h2*5-12,17,19,21-22,28H,13-14H2,1-4H3/b8-5+;8-5-/t2*17-,19-,21+,22+/m00/s1. The summed E-state index contributed by atoms with van der Waals surface area (Å²) >= 11 is 0. The van der Waals surface area contributed by atoms with E-state index in [0.29, 0.717) is 33.6 Å². The van der Waals surface area contributed by atoms with Gasteiger partial charge in [-0.1, -0.05) is 60.7 Å². The van der Waals surface area contributed by atoms with Gasteiger partial charge < -0.3 is 29.1 Å². The lowest BCUT2D eigenvalue weighted by molar-refractivity contribution is -0.136. The first-order chi connectivity index (χ1) is 31.3. The quantitative estimate of drug-likeness (QED) is 0.238. The number of benzene rings is 2. The molecule has 2 amide bonds. The average Bonchev–Trinajstić information content (AvgIpc) is 3.69. The summed E-state index contributed by atoms with van der Waals surface area (Å²) in [5, 5.41) is 20.6. The van der Waals surface area contributed by atoms with Crippen molar-refractivity contribution in [1.82, 2.24) is 27.5 Å². The Labute approximate surface area is 385 Å². The van der Waals surface area contributed by atoms with Crippen LogP contribution in [0.25, 0.3) is 12.2 Å². The van der Waals surface area contributed by atoms with Gasteiger partial charge in [0, 0.05) is 101 Å². The zero-order valence-electron chi connectivity index (χ0n) is 38.3. The number of aryl methyl sites for hydroxylation is 2. The first-order valence-corrected chi connectivity index (χ1v) is 24.7. The lowest BCUT2D eigenvalue weighted by Gasteiger charge is -2.37. The van der Waals surface area contributed by atoms with Crippen molar-refractivity contribution in [3.63, 3.8) is 0 Å². The lowest BCUT2D eigenvalue weighted by Crippen LogP contribution is -2.49. The Kier molecular flexibility index (Phi) is 13.7. The molecule has 2 fully saturated rings. The highest BCUT2D eigenvalue weighted by Crippen LogP contribution is 2.53. The molecular weight excluding hydrogens is 885 g/mol. The monoisotopic (exact) mass is 942 g/mol. The van der Waals surface area contributed by atoms with Crippen LogP contribution in [0, 0.1) is 37.5 Å². The van der Waals surface area contributed by atoms with Crippen molar-refractivity contribution in [2.45, 2.75) is 74.7 Å². The largest absolute Gasteiger partial charge is 0.396 e. The summed E-state index contributed by atoms with van der Waals surface area (Å²) in [7, 11) is -1.58. The molecule has 2 aromatic carbocycles. The van der Waals surface area contributed by atoms with Crippen LogP contribution in [0.15, 0.2) is 104 Å². The summed E-state index contributed by atoms with van der Waals surface area (Å²) in [6, 6.07) is 17.0. The molecule has 8 atom stereocenters. The number of amides is 2. The molecule has 2 aromatic heterocycles. The molecule has 352 valence electrons. The van der Waals surface area contributed by atoms with Crippen molar-refractivity contribution in [2.75, 3.05) is 41.4 Å². The summed E-state index contributed by atoms with van der Waals surface area (Å²) in [6.07, 6.45) is 6.95. The fourth-order valence-corrected chi connectivity index (χ4v) is 14.6. The molecular formula is C48H58N6O10S2. The van der Waals surface area contributed by atoms with E-state index in [4.69, 9.17) is 0 Å². The molecule has 66 heavy (non-hydrogen) atoms. The van der Waals surface area contributed by atoms with Gasteiger partial charge >= 0.3 is 0 Å². The first kappa shape index (κ1) is 48.4. The molecule has 8 rings (SSSR count). The number of nitrogens with zero attached hydrogens (tertiary/aromatic N) is 6. The zero-order chi connectivity index (χ0) is 48.2. The third kappa shape index (κ3) is 7.90. The summed E-state index contributed by atoms with van der Waals surface area (Å²) in [5.74, 6) is -3.46. The Morgan fingerprint density at radius 2 is 0.955 bits per heavy atom. The Morgan fingerprint density at radius 3 is 1.26 bits per heavy atom. The smallest absolute Gasteiger partial charge is 0.258 e. The van der Waals surface area contributed by atoms with Gasteiger partial charge in [-0.25, -0.2) is 16.8 Å². The fraction of sp³-hybridized carbons (Fsp3) is 0.417. The number of sulfonamides is 2. The summed E-state index contributed by atoms with van der Waals surface area (Å²) < 4.78 is 61.7. The van der Waals surface area contributed by atoms with E-state index in [0.717, 1.165) is 0 Å². The van der Waals surface area contributed by atoms with Crippen molar-refractivity contribution in [3.05, 3.63) is 139 Å². The fourth-order valence-electron chi connectivity index (χ4n) is 10.5. The average molecular weight is 943 g/mol. The van der Waals surface area contributed by atoms with Crippen LogP contribution < -0.4 is 11.1 Å². The molecule has 2 saturated heterocycles. The molecule has 0 spiro atoms. The Morgan fingerprint density at radius 1 is 0.606 bits per heavy atom. The van der Waals surface area contributed by atoms with Gasteiger partial charge in [-0.3, -0.25) is 19.2 Å². The van der Waals surface area contributed by atoms with E-state index < -0.39 is 67.9 Å². The molecule has 2 N–H and O–H groups in total. The van der Waals surface area contributed by atoms with Crippen molar-refractivity contribution >= 4 is 44.0 Å². The zero-order valence-corrected chi connectivity index (χ0v) is 40.0. The number of hydrogen-bond donors (Lipinski definition) is 2. The Bertz CT molecular complexity index is 2760. The molecule has 4 aliphatic heterocycles. The number of allylic oxidation sites excluding steroid dienone is 2. The van der Waals surface area contributed by atoms with E-state index >= 15 is 0 Å². The predicted molar refractivity (Wildman–Crippen MR) is 250 cm³/mol. The molecule has 0 unspecified atom stereocenters. The first-order valence-electron chi connectivity index (χ1n) is 21.8. The van der Waals surface area contributed by atoms with Gasteiger partial charge in [-0.15, -0.1) is 0 Å². The number of aromatic nitrogens is 2. The van der Waals surface area contributed by atoms with Gasteiger partial charge in [-0.2, -0.15) is 8.61 Å². The number of rotatable bonds is 10. The van der Waals surface area contributed by atoms with E-state index in [1.807, 2.05) is 13.8 Å². The second-order valence-electron chi connectivity index (χ2n) is 17.7. The third-order valence-corrected chi connectivity index (χ3v) is 17.6. The minimum atomic E-state index is -4.02. The highest BCUT2D eigenvalue weighted by molar-refractivity contribution is 7.89. The van der Waals surface area contributed by atoms with Crippen molar-refractivity contribution in [2.24, 2.45) is 23.7 Å². The molecule has 16 nitrogen and oxygen atoms in total. The Hall–Kier alpha value is -5.50. The normalized spacial score (nSPS) is 24.8. The molecule has 0 saturated carbocycles. The third-order valence-electron chi connectivity index (χ3n) is 13.5. The van der Waals surface area contributed by atoms with E-state index in [1.54, 1.807) is 148 Å². The van der Waals surface area contributed by atoms with Crippen molar-refractivity contribution in [1.29, 1.82) is 0 Å². The number of hydrogen-bond acceptors (Lipinski definition) is 10. The van der Waals surface area contributed by atoms with Crippen molar-refractivity contribution < 1.29 is 36.6 Å². The number of aliphatic hydroxyl groups is 2. The summed E-state index contributed by atoms with van der Waals surface area (Å²) in [4.78, 5) is 56.1. The van der Waals surface area contributed by atoms with Gasteiger partial charge in [0.1, 0.15) is 0 Å². The van der Waals surface area contributed by atoms with Crippen LogP contribution in [0.2, 0.25) is 0 Å². The minimum Gasteiger partial charge on any atom is -0.396 e. The van der Waals surface area contributed by atoms with Crippen LogP contribution >= 0.6 is 0 Å². The van der Waals surface area contributed by atoms with Crippen LogP contribution in [0.5, 0.6) is 0 Å². The SMILES string of the molecule is C/C=C/c1ccc2n(c1=O)C[C@H]1[C@H](CO)[C@@H](C(=O)N(C)C)[C@@H]2N1S(=O)(=O)c1ccccc1C.C/C=C\c1ccc2n(c1=O)C[C@H]1[C@H](CO)[C@@H](C(=O)N(C)C)[C@@H]2N1S(=O)(=O)c1ccccc1C. The van der Waals surface area contributed by atoms with Gasteiger partial charge in [0.05, 0.1) is 33.7 Å². The summed E-state index contributed by atoms with van der Waals surface area (Å²) in [5.41, 5.74) is 2.65. The van der Waals surface area contributed by atoms with Crippen LogP contribution in [0.4, 0.5) is 0 Å². The molecule has 0 radical (unpaired) electrons. The van der Waals surface area contributed by atoms with Gasteiger partial charge in [-0.05, 0) is 75.2 Å². The molecule has 4 bridgehead atoms. The van der Waals surface area contributed by atoms with Gasteiger partial charge in [0.25, 0.3) is 11.1 Å². The van der Waals surface area contributed by atoms with E-state index in [-0.39, 0.29) is 59.0 Å². The Balaban J connectivity index is 0.000000196. The molecule has 4 aliphatic rings. The van der Waals surface area contributed by atoms with Gasteiger partial charge in [0.15, 0.2) is 0 Å². The molecule has 0 aliphatic carbocycles. The highest BCUT2D eigenvalue weighted by Gasteiger charge is 2.62.